The number of ether oxygens (including phenoxy) is 1. The summed E-state index contributed by atoms with van der Waals surface area (Å²) in [7, 11) is 0. The van der Waals surface area contributed by atoms with Crippen molar-refractivity contribution in [3.8, 4) is 11.1 Å². The Balaban J connectivity index is 0.960. The van der Waals surface area contributed by atoms with Gasteiger partial charge in [0.05, 0.1) is 34.3 Å². The molecule has 42 heavy (non-hydrogen) atoms. The number of aromatic nitrogens is 5. The van der Waals surface area contributed by atoms with Crippen molar-refractivity contribution < 1.29 is 14.3 Å². The van der Waals surface area contributed by atoms with E-state index in [1.165, 1.54) is 36.6 Å². The molecule has 2 aliphatic carbocycles. The van der Waals surface area contributed by atoms with E-state index in [0.717, 1.165) is 47.0 Å². The molecule has 2 saturated carbocycles. The second kappa shape index (κ2) is 13.0. The van der Waals surface area contributed by atoms with Crippen LogP contribution in [-0.2, 0) is 16.1 Å². The molecule has 2 aliphatic rings. The maximum Gasteiger partial charge on any atom is 0.253 e. The molecular weight excluding hydrogens is 552 g/mol. The van der Waals surface area contributed by atoms with Gasteiger partial charge < -0.3 is 20.7 Å². The summed E-state index contributed by atoms with van der Waals surface area (Å²) in [4.78, 5) is 38.7. The fraction of sp³-hybridized carbons (Fsp3) is 0.433. The summed E-state index contributed by atoms with van der Waals surface area (Å²) in [6.07, 6.45) is 13.2. The Bertz CT molecular complexity index is 1520. The molecule has 218 valence electrons. The second-order valence-corrected chi connectivity index (χ2v) is 12.1. The minimum absolute atomic E-state index is 0.0118. The second-order valence-electron chi connectivity index (χ2n) is 11.1. The maximum absolute atomic E-state index is 12.9. The lowest BCUT2D eigenvalue weighted by Crippen LogP contribution is -2.51. The maximum atomic E-state index is 12.9. The molecule has 1 atom stereocenters. The highest BCUT2D eigenvalue weighted by Gasteiger charge is 2.35. The predicted molar refractivity (Wildman–Crippen MR) is 160 cm³/mol. The lowest BCUT2D eigenvalue weighted by atomic mass is 9.79. The van der Waals surface area contributed by atoms with E-state index in [2.05, 4.69) is 47.2 Å². The first kappa shape index (κ1) is 28.3. The molecular formula is C30H34N8O3S. The highest BCUT2D eigenvalue weighted by atomic mass is 32.1. The number of benzene rings is 1. The largest absolute Gasteiger partial charge is 0.370 e. The van der Waals surface area contributed by atoms with Crippen molar-refractivity contribution in [2.45, 2.75) is 70.2 Å². The average molecular weight is 587 g/mol. The summed E-state index contributed by atoms with van der Waals surface area (Å²) in [5.41, 5.74) is 3.25. The number of thiazole rings is 1. The summed E-state index contributed by atoms with van der Waals surface area (Å²) in [5.74, 6) is 0.437. The molecule has 1 aromatic carbocycles. The van der Waals surface area contributed by atoms with Crippen molar-refractivity contribution in [3.63, 3.8) is 0 Å². The Morgan fingerprint density at radius 1 is 1.05 bits per heavy atom. The van der Waals surface area contributed by atoms with Gasteiger partial charge in [0.1, 0.15) is 6.61 Å². The highest BCUT2D eigenvalue weighted by molar-refractivity contribution is 7.22. The van der Waals surface area contributed by atoms with Gasteiger partial charge in [0, 0.05) is 42.5 Å². The quantitative estimate of drug-likeness (QED) is 0.236. The summed E-state index contributed by atoms with van der Waals surface area (Å²) < 4.78 is 6.91. The smallest absolute Gasteiger partial charge is 0.253 e. The first-order valence-corrected chi connectivity index (χ1v) is 15.3. The number of hydrogen-bond acceptors (Lipinski definition) is 10. The van der Waals surface area contributed by atoms with Crippen LogP contribution in [0.4, 0.5) is 5.13 Å². The number of rotatable bonds is 11. The van der Waals surface area contributed by atoms with E-state index in [0.29, 0.717) is 35.8 Å². The molecule has 0 unspecified atom stereocenters. The third kappa shape index (κ3) is 6.94. The van der Waals surface area contributed by atoms with Crippen molar-refractivity contribution in [3.05, 3.63) is 60.4 Å². The van der Waals surface area contributed by atoms with Crippen molar-refractivity contribution in [1.82, 2.24) is 35.8 Å². The number of hydrogen-bond donors (Lipinski definition) is 3. The molecule has 6 rings (SSSR count). The minimum atomic E-state index is -0.182. The molecule has 4 aromatic rings. The van der Waals surface area contributed by atoms with Crippen molar-refractivity contribution in [1.29, 1.82) is 0 Å². The van der Waals surface area contributed by atoms with Gasteiger partial charge in [0.15, 0.2) is 11.0 Å². The Hall–Kier alpha value is -3.87. The van der Waals surface area contributed by atoms with Gasteiger partial charge in [-0.3, -0.25) is 9.59 Å². The normalized spacial score (nSPS) is 19.4. The van der Waals surface area contributed by atoms with Crippen LogP contribution in [0.15, 0.2) is 49.1 Å². The molecule has 0 spiro atoms. The monoisotopic (exact) mass is 586 g/mol. The van der Waals surface area contributed by atoms with Crippen molar-refractivity contribution in [2.75, 3.05) is 11.9 Å². The number of anilines is 1. The number of nitrogens with one attached hydrogen (secondary N) is 3. The topological polar surface area (TPSA) is 144 Å². The zero-order valence-electron chi connectivity index (χ0n) is 23.5. The zero-order valence-corrected chi connectivity index (χ0v) is 24.3. The van der Waals surface area contributed by atoms with Gasteiger partial charge in [-0.15, -0.1) is 0 Å². The van der Waals surface area contributed by atoms with Gasteiger partial charge in [-0.2, -0.15) is 10.2 Å². The van der Waals surface area contributed by atoms with Crippen LogP contribution in [0.3, 0.4) is 0 Å². The highest BCUT2D eigenvalue weighted by Crippen LogP contribution is 2.33. The third-order valence-electron chi connectivity index (χ3n) is 7.85. The van der Waals surface area contributed by atoms with Gasteiger partial charge in [-0.25, -0.2) is 15.0 Å². The number of carbonyl (C=O) groups excluding carboxylic acids is 2. The van der Waals surface area contributed by atoms with Gasteiger partial charge >= 0.3 is 0 Å². The number of amides is 2. The van der Waals surface area contributed by atoms with E-state index in [9.17, 15) is 9.59 Å². The Morgan fingerprint density at radius 2 is 1.86 bits per heavy atom. The molecule has 3 aromatic heterocycles. The Kier molecular flexibility index (Phi) is 8.73. The first-order valence-electron chi connectivity index (χ1n) is 14.5. The van der Waals surface area contributed by atoms with Crippen molar-refractivity contribution in [2.24, 2.45) is 5.92 Å². The molecule has 0 aliphatic heterocycles. The van der Waals surface area contributed by atoms with Crippen LogP contribution in [-0.4, -0.2) is 61.7 Å². The molecule has 3 N–H and O–H groups in total. The summed E-state index contributed by atoms with van der Waals surface area (Å²) >= 11 is 1.46. The van der Waals surface area contributed by atoms with Crippen molar-refractivity contribution >= 4 is 38.5 Å². The first-order chi connectivity index (χ1) is 20.5. The summed E-state index contributed by atoms with van der Waals surface area (Å²) in [6, 6.07) is 7.95. The van der Waals surface area contributed by atoms with E-state index < -0.39 is 0 Å². The number of fused-ring (bicyclic) bond motifs is 1. The SMILES string of the molecule is C[C@@H](CNC(=O)c1ccnnc1)N[C@H]1C[C@@H](C(=O)Nc2nc3ccc(-c4cnc(COC5CCCC5)nc4)cc3s2)C1. The molecule has 3 heterocycles. The van der Waals surface area contributed by atoms with E-state index in [-0.39, 0.29) is 29.8 Å². The van der Waals surface area contributed by atoms with Crippen LogP contribution < -0.4 is 16.0 Å². The molecule has 2 amide bonds. The van der Waals surface area contributed by atoms with Crippen LogP contribution in [0.1, 0.15) is 61.6 Å². The predicted octanol–water partition coefficient (Wildman–Crippen LogP) is 4.13. The van der Waals surface area contributed by atoms with Gasteiger partial charge in [0.25, 0.3) is 5.91 Å². The van der Waals surface area contributed by atoms with Crippen LogP contribution in [0, 0.1) is 5.92 Å². The minimum Gasteiger partial charge on any atom is -0.370 e. The van der Waals surface area contributed by atoms with E-state index in [1.807, 2.05) is 31.5 Å². The third-order valence-corrected chi connectivity index (χ3v) is 8.79. The molecule has 0 bridgehead atoms. The molecule has 2 fully saturated rings. The fourth-order valence-corrected chi connectivity index (χ4v) is 6.30. The van der Waals surface area contributed by atoms with Crippen LogP contribution in [0.2, 0.25) is 0 Å². The zero-order chi connectivity index (χ0) is 28.9. The number of nitrogens with zero attached hydrogens (tertiary/aromatic N) is 5. The Morgan fingerprint density at radius 3 is 2.62 bits per heavy atom. The summed E-state index contributed by atoms with van der Waals surface area (Å²) in [5, 5.41) is 17.4. The Labute approximate surface area is 247 Å². The van der Waals surface area contributed by atoms with E-state index in [4.69, 9.17) is 4.74 Å². The van der Waals surface area contributed by atoms with Crippen LogP contribution >= 0.6 is 11.3 Å². The van der Waals surface area contributed by atoms with Crippen LogP contribution in [0.5, 0.6) is 0 Å². The molecule has 12 heteroatoms. The van der Waals surface area contributed by atoms with Gasteiger partial charge in [-0.05, 0) is 56.4 Å². The van der Waals surface area contributed by atoms with E-state index in [1.54, 1.807) is 6.07 Å². The lowest BCUT2D eigenvalue weighted by Gasteiger charge is -2.36. The summed E-state index contributed by atoms with van der Waals surface area (Å²) in [6.45, 7) is 2.94. The van der Waals surface area contributed by atoms with Gasteiger partial charge in [0.2, 0.25) is 5.91 Å². The van der Waals surface area contributed by atoms with E-state index >= 15 is 0 Å². The lowest BCUT2D eigenvalue weighted by molar-refractivity contribution is -0.123. The fourth-order valence-electron chi connectivity index (χ4n) is 5.39. The molecule has 0 radical (unpaired) electrons. The average Bonchev–Trinajstić information content (AvgIpc) is 3.66. The standard InChI is InChI=1S/C30H34N8O3S/c1-18(13-33-28(39)20-8-9-34-35-16-20)36-23-10-21(11-23)29(40)38-30-37-25-7-6-19(12-26(25)42-30)22-14-31-27(32-15-22)17-41-24-4-2-3-5-24/h6-9,12,14-16,18,21,23-24,36H,2-5,10-11,13,17H2,1H3,(H,33,39)(H,37,38,40)/t18-,21-,23+/m0/s1. The molecule has 0 saturated heterocycles. The van der Waals surface area contributed by atoms with Crippen LogP contribution in [0.25, 0.3) is 21.3 Å². The molecule has 11 nitrogen and oxygen atoms in total. The van der Waals surface area contributed by atoms with Gasteiger partial charge in [-0.1, -0.05) is 30.2 Å². The number of carbonyl (C=O) groups is 2.